The van der Waals surface area contributed by atoms with Crippen LogP contribution in [-0.2, 0) is 11.2 Å². The van der Waals surface area contributed by atoms with Crippen LogP contribution in [0.3, 0.4) is 0 Å². The molecule has 0 aliphatic heterocycles. The van der Waals surface area contributed by atoms with Crippen molar-refractivity contribution in [1.82, 2.24) is 19.7 Å². The van der Waals surface area contributed by atoms with E-state index in [1.807, 2.05) is 18.2 Å². The molecule has 7 nitrogen and oxygen atoms in total. The molecule has 0 saturated carbocycles. The maximum atomic E-state index is 12.9. The standard InChI is InChI=1S/C21H17FN6O/c22-16-4-2-15(3-5-16)12-21(29)27-18-8-6-17(7-9-18)26-19-13-20(24-14-23-19)28-11-1-10-25-28/h1-11,13-14H,12H2,(H,27,29)(H,23,24,26). The smallest absolute Gasteiger partial charge is 0.228 e. The molecule has 2 N–H and O–H groups in total. The van der Waals surface area contributed by atoms with Gasteiger partial charge >= 0.3 is 0 Å². The third-order valence-electron chi connectivity index (χ3n) is 4.11. The number of halogens is 1. The average Bonchev–Trinajstić information content (AvgIpc) is 3.26. The largest absolute Gasteiger partial charge is 0.340 e. The number of hydrogen-bond acceptors (Lipinski definition) is 5. The molecule has 4 rings (SSSR count). The molecule has 1 amide bonds. The first-order chi connectivity index (χ1) is 14.2. The zero-order chi connectivity index (χ0) is 20.1. The van der Waals surface area contributed by atoms with E-state index >= 15 is 0 Å². The van der Waals surface area contributed by atoms with E-state index in [1.165, 1.54) is 18.5 Å². The molecule has 2 aromatic carbocycles. The number of nitrogens with zero attached hydrogens (tertiary/aromatic N) is 4. The molecule has 0 aliphatic rings. The van der Waals surface area contributed by atoms with Gasteiger partial charge in [-0.2, -0.15) is 5.10 Å². The molecule has 0 fully saturated rings. The monoisotopic (exact) mass is 388 g/mol. The highest BCUT2D eigenvalue weighted by molar-refractivity contribution is 5.92. The minimum Gasteiger partial charge on any atom is -0.340 e. The van der Waals surface area contributed by atoms with Crippen molar-refractivity contribution in [3.8, 4) is 5.82 Å². The SMILES string of the molecule is O=C(Cc1ccc(F)cc1)Nc1ccc(Nc2cc(-n3cccn3)ncn2)cc1. The van der Waals surface area contributed by atoms with Gasteiger partial charge in [-0.15, -0.1) is 0 Å². The quantitative estimate of drug-likeness (QED) is 0.526. The van der Waals surface area contributed by atoms with Gasteiger partial charge in [0.05, 0.1) is 6.42 Å². The third kappa shape index (κ3) is 4.81. The van der Waals surface area contributed by atoms with Crippen LogP contribution in [-0.4, -0.2) is 25.7 Å². The number of anilines is 3. The van der Waals surface area contributed by atoms with Gasteiger partial charge in [-0.1, -0.05) is 12.1 Å². The highest BCUT2D eigenvalue weighted by Crippen LogP contribution is 2.19. The summed E-state index contributed by atoms with van der Waals surface area (Å²) >= 11 is 0. The van der Waals surface area contributed by atoms with Gasteiger partial charge < -0.3 is 10.6 Å². The second-order valence-electron chi connectivity index (χ2n) is 6.27. The summed E-state index contributed by atoms with van der Waals surface area (Å²) in [6.45, 7) is 0. The van der Waals surface area contributed by atoms with Crippen molar-refractivity contribution in [2.75, 3.05) is 10.6 Å². The van der Waals surface area contributed by atoms with Crippen molar-refractivity contribution < 1.29 is 9.18 Å². The lowest BCUT2D eigenvalue weighted by Gasteiger charge is -2.09. The summed E-state index contributed by atoms with van der Waals surface area (Å²) in [6.07, 6.45) is 5.12. The lowest BCUT2D eigenvalue weighted by atomic mass is 10.1. The summed E-state index contributed by atoms with van der Waals surface area (Å²) in [6, 6.07) is 16.7. The summed E-state index contributed by atoms with van der Waals surface area (Å²) in [5.41, 5.74) is 2.23. The van der Waals surface area contributed by atoms with Gasteiger partial charge in [0.1, 0.15) is 18.0 Å². The van der Waals surface area contributed by atoms with Crippen LogP contribution in [0.1, 0.15) is 5.56 Å². The van der Waals surface area contributed by atoms with Crippen LogP contribution < -0.4 is 10.6 Å². The summed E-state index contributed by atoms with van der Waals surface area (Å²) < 4.78 is 14.6. The zero-order valence-electron chi connectivity index (χ0n) is 15.3. The molecule has 0 aliphatic carbocycles. The molecule has 8 heteroatoms. The molecule has 0 radical (unpaired) electrons. The molecule has 0 saturated heterocycles. The fraction of sp³-hybridized carbons (Fsp3) is 0.0476. The molecule has 4 aromatic rings. The Labute approximate surface area is 166 Å². The lowest BCUT2D eigenvalue weighted by Crippen LogP contribution is -2.14. The van der Waals surface area contributed by atoms with Crippen molar-refractivity contribution in [3.05, 3.63) is 90.8 Å². The van der Waals surface area contributed by atoms with Gasteiger partial charge in [0, 0.05) is 29.8 Å². The van der Waals surface area contributed by atoms with E-state index in [1.54, 1.807) is 47.4 Å². The van der Waals surface area contributed by atoms with Crippen molar-refractivity contribution in [2.45, 2.75) is 6.42 Å². The Morgan fingerprint density at radius 2 is 1.76 bits per heavy atom. The van der Waals surface area contributed by atoms with Crippen LogP contribution in [0.15, 0.2) is 79.4 Å². The molecule has 2 heterocycles. The Kier molecular flexibility index (Phi) is 5.24. The molecule has 144 valence electrons. The van der Waals surface area contributed by atoms with E-state index in [9.17, 15) is 9.18 Å². The summed E-state index contributed by atoms with van der Waals surface area (Å²) in [5, 5.41) is 10.2. The molecular formula is C21H17FN6O. The number of carbonyl (C=O) groups is 1. The zero-order valence-corrected chi connectivity index (χ0v) is 15.3. The first-order valence-corrected chi connectivity index (χ1v) is 8.89. The van der Waals surface area contributed by atoms with Crippen LogP contribution in [0.25, 0.3) is 5.82 Å². The third-order valence-corrected chi connectivity index (χ3v) is 4.11. The van der Waals surface area contributed by atoms with Crippen molar-refractivity contribution >= 4 is 23.1 Å². The van der Waals surface area contributed by atoms with Crippen molar-refractivity contribution in [1.29, 1.82) is 0 Å². The second kappa shape index (κ2) is 8.30. The van der Waals surface area contributed by atoms with Crippen molar-refractivity contribution in [2.24, 2.45) is 0 Å². The van der Waals surface area contributed by atoms with Gasteiger partial charge in [0.25, 0.3) is 0 Å². The first-order valence-electron chi connectivity index (χ1n) is 8.89. The number of carbonyl (C=O) groups excluding carboxylic acids is 1. The summed E-state index contributed by atoms with van der Waals surface area (Å²) in [5.74, 6) is 0.783. The van der Waals surface area contributed by atoms with Crippen LogP contribution >= 0.6 is 0 Å². The maximum absolute atomic E-state index is 12.9. The number of aromatic nitrogens is 4. The summed E-state index contributed by atoms with van der Waals surface area (Å²) in [7, 11) is 0. The Bertz CT molecular complexity index is 1090. The van der Waals surface area contributed by atoms with E-state index in [0.717, 1.165) is 11.3 Å². The first kappa shape index (κ1) is 18.3. The van der Waals surface area contributed by atoms with Gasteiger partial charge in [0.15, 0.2) is 5.82 Å². The predicted octanol–water partition coefficient (Wildman–Crippen LogP) is 3.73. The molecule has 29 heavy (non-hydrogen) atoms. The Balaban J connectivity index is 1.37. The maximum Gasteiger partial charge on any atom is 0.228 e. The number of nitrogens with one attached hydrogen (secondary N) is 2. The van der Waals surface area contributed by atoms with Gasteiger partial charge in [-0.05, 0) is 48.0 Å². The molecular weight excluding hydrogens is 371 g/mol. The fourth-order valence-electron chi connectivity index (χ4n) is 2.72. The van der Waals surface area contributed by atoms with Gasteiger partial charge in [0.2, 0.25) is 5.91 Å². The second-order valence-corrected chi connectivity index (χ2v) is 6.27. The Hall–Kier alpha value is -4.07. The van der Waals surface area contributed by atoms with E-state index in [2.05, 4.69) is 25.7 Å². The Morgan fingerprint density at radius 1 is 1.00 bits per heavy atom. The highest BCUT2D eigenvalue weighted by atomic mass is 19.1. The number of benzene rings is 2. The van der Waals surface area contributed by atoms with E-state index in [0.29, 0.717) is 17.3 Å². The van der Waals surface area contributed by atoms with Crippen LogP contribution in [0.4, 0.5) is 21.6 Å². The lowest BCUT2D eigenvalue weighted by molar-refractivity contribution is -0.115. The van der Waals surface area contributed by atoms with Crippen LogP contribution in [0.2, 0.25) is 0 Å². The van der Waals surface area contributed by atoms with Crippen molar-refractivity contribution in [3.63, 3.8) is 0 Å². The van der Waals surface area contributed by atoms with Gasteiger partial charge in [-0.25, -0.2) is 19.0 Å². The van der Waals surface area contributed by atoms with E-state index in [4.69, 9.17) is 0 Å². The molecule has 0 unspecified atom stereocenters. The van der Waals surface area contributed by atoms with Crippen LogP contribution in [0, 0.1) is 5.82 Å². The van der Waals surface area contributed by atoms with Crippen LogP contribution in [0.5, 0.6) is 0 Å². The number of rotatable bonds is 6. The predicted molar refractivity (Wildman–Crippen MR) is 108 cm³/mol. The Morgan fingerprint density at radius 3 is 2.48 bits per heavy atom. The minimum atomic E-state index is -0.322. The molecule has 2 aromatic heterocycles. The summed E-state index contributed by atoms with van der Waals surface area (Å²) in [4.78, 5) is 20.5. The normalized spacial score (nSPS) is 10.5. The molecule has 0 atom stereocenters. The highest BCUT2D eigenvalue weighted by Gasteiger charge is 2.06. The fourth-order valence-corrected chi connectivity index (χ4v) is 2.72. The average molecular weight is 388 g/mol. The number of hydrogen-bond donors (Lipinski definition) is 2. The van der Waals surface area contributed by atoms with Gasteiger partial charge in [-0.3, -0.25) is 4.79 Å². The molecule has 0 bridgehead atoms. The number of amides is 1. The van der Waals surface area contributed by atoms with E-state index in [-0.39, 0.29) is 18.1 Å². The van der Waals surface area contributed by atoms with E-state index < -0.39 is 0 Å². The minimum absolute atomic E-state index is 0.169. The molecule has 0 spiro atoms. The topological polar surface area (TPSA) is 84.7 Å².